The minimum Gasteiger partial charge on any atom is -0.497 e. The summed E-state index contributed by atoms with van der Waals surface area (Å²) in [7, 11) is 1.63. The van der Waals surface area contributed by atoms with Crippen molar-refractivity contribution in [1.82, 2.24) is 5.32 Å². The van der Waals surface area contributed by atoms with Crippen molar-refractivity contribution in [3.8, 4) is 5.75 Å². The van der Waals surface area contributed by atoms with Crippen LogP contribution in [0.15, 0.2) is 71.1 Å². The Bertz CT molecular complexity index is 1190. The number of halogens is 1. The molecule has 0 amide bonds. The van der Waals surface area contributed by atoms with E-state index in [2.05, 4.69) is 5.32 Å². The normalized spacial score (nSPS) is 22.7. The van der Waals surface area contributed by atoms with Crippen LogP contribution in [0.3, 0.4) is 0 Å². The summed E-state index contributed by atoms with van der Waals surface area (Å²) in [4.78, 5) is 27.0. The maximum atomic E-state index is 13.8. The fraction of sp³-hybridized carbons (Fsp3) is 0.379. The summed E-state index contributed by atoms with van der Waals surface area (Å²) in [6.45, 7) is 1.85. The number of ketones is 1. The molecular weight excluding hydrogens is 445 g/mol. The van der Waals surface area contributed by atoms with Crippen molar-refractivity contribution in [1.29, 1.82) is 0 Å². The molecule has 1 fully saturated rings. The summed E-state index contributed by atoms with van der Waals surface area (Å²) in [5.41, 5.74) is 4.33. The molecule has 6 heteroatoms. The molecule has 1 N–H and O–H groups in total. The summed E-state index contributed by atoms with van der Waals surface area (Å²) in [6, 6.07) is 13.9. The van der Waals surface area contributed by atoms with Gasteiger partial charge in [0.05, 0.1) is 12.7 Å². The van der Waals surface area contributed by atoms with E-state index in [0.717, 1.165) is 48.3 Å². The molecule has 0 spiro atoms. The second kappa shape index (κ2) is 9.68. The highest BCUT2D eigenvalue weighted by atomic mass is 19.1. The van der Waals surface area contributed by atoms with Crippen LogP contribution in [0, 0.1) is 5.82 Å². The van der Waals surface area contributed by atoms with E-state index in [0.29, 0.717) is 29.7 Å². The number of hydrogen-bond donors (Lipinski definition) is 1. The second-order valence-corrected chi connectivity index (χ2v) is 9.65. The summed E-state index contributed by atoms with van der Waals surface area (Å²) in [6.07, 6.45) is 4.73. The lowest BCUT2D eigenvalue weighted by molar-refractivity contribution is -0.144. The summed E-state index contributed by atoms with van der Waals surface area (Å²) in [5.74, 6) is -0.548. The van der Waals surface area contributed by atoms with Gasteiger partial charge in [-0.05, 0) is 80.3 Å². The van der Waals surface area contributed by atoms with Crippen molar-refractivity contribution < 1.29 is 23.5 Å². The van der Waals surface area contributed by atoms with Crippen molar-refractivity contribution in [3.63, 3.8) is 0 Å². The molecule has 3 aliphatic rings. The quantitative estimate of drug-likeness (QED) is 0.564. The lowest BCUT2D eigenvalue weighted by Gasteiger charge is -2.37. The Morgan fingerprint density at radius 3 is 2.29 bits per heavy atom. The summed E-state index contributed by atoms with van der Waals surface area (Å²) < 4.78 is 24.9. The average Bonchev–Trinajstić information content (AvgIpc) is 3.36. The Hall–Kier alpha value is -3.41. The van der Waals surface area contributed by atoms with Crippen molar-refractivity contribution in [2.24, 2.45) is 0 Å². The Labute approximate surface area is 205 Å². The Morgan fingerprint density at radius 2 is 1.63 bits per heavy atom. The van der Waals surface area contributed by atoms with Crippen molar-refractivity contribution in [3.05, 3.63) is 88.0 Å². The van der Waals surface area contributed by atoms with Gasteiger partial charge in [-0.1, -0.05) is 24.3 Å². The molecule has 0 saturated heterocycles. The molecule has 0 radical (unpaired) electrons. The van der Waals surface area contributed by atoms with Crippen LogP contribution in [0.5, 0.6) is 5.75 Å². The molecular formula is C29H30FNO4. The molecule has 2 atom stereocenters. The smallest absolute Gasteiger partial charge is 0.337 e. The number of dihydropyridines is 1. The molecule has 2 aromatic carbocycles. The molecule has 1 heterocycles. The molecule has 2 aliphatic carbocycles. The second-order valence-electron chi connectivity index (χ2n) is 9.65. The monoisotopic (exact) mass is 475 g/mol. The van der Waals surface area contributed by atoms with Gasteiger partial charge in [-0.15, -0.1) is 0 Å². The molecule has 1 saturated carbocycles. The number of esters is 1. The zero-order chi connectivity index (χ0) is 24.5. The Balaban J connectivity index is 1.51. The van der Waals surface area contributed by atoms with Crippen LogP contribution in [0.1, 0.15) is 68.4 Å². The Kier molecular flexibility index (Phi) is 6.46. The zero-order valence-electron chi connectivity index (χ0n) is 20.1. The first kappa shape index (κ1) is 23.3. The van der Waals surface area contributed by atoms with Gasteiger partial charge in [0.1, 0.15) is 17.7 Å². The fourth-order valence-electron chi connectivity index (χ4n) is 5.63. The molecule has 35 heavy (non-hydrogen) atoms. The van der Waals surface area contributed by atoms with Crippen molar-refractivity contribution in [2.75, 3.05) is 7.11 Å². The zero-order valence-corrected chi connectivity index (χ0v) is 20.1. The minimum atomic E-state index is -0.579. The van der Waals surface area contributed by atoms with Crippen LogP contribution < -0.4 is 10.1 Å². The van der Waals surface area contributed by atoms with Gasteiger partial charge in [0.25, 0.3) is 0 Å². The van der Waals surface area contributed by atoms with Crippen LogP contribution in [0.4, 0.5) is 4.39 Å². The van der Waals surface area contributed by atoms with Crippen LogP contribution >= 0.6 is 0 Å². The van der Waals surface area contributed by atoms with Gasteiger partial charge in [-0.2, -0.15) is 0 Å². The van der Waals surface area contributed by atoms with Crippen LogP contribution in [-0.4, -0.2) is 25.0 Å². The maximum absolute atomic E-state index is 13.8. The SMILES string of the molecule is COc1ccc([C@H]2CC(=O)C3=C(C2)NC(C)=C(C(=O)OC2CCCC2)[C@H]3c2ccc(F)cc2)cc1. The van der Waals surface area contributed by atoms with Gasteiger partial charge in [0.2, 0.25) is 0 Å². The summed E-state index contributed by atoms with van der Waals surface area (Å²) >= 11 is 0. The highest BCUT2D eigenvalue weighted by Gasteiger charge is 2.42. The molecule has 2 aromatic rings. The topological polar surface area (TPSA) is 64.6 Å². The number of allylic oxidation sites excluding steroid dienone is 3. The predicted octanol–water partition coefficient (Wildman–Crippen LogP) is 5.68. The molecule has 1 aliphatic heterocycles. The highest BCUT2D eigenvalue weighted by Crippen LogP contribution is 2.46. The van der Waals surface area contributed by atoms with E-state index in [1.165, 1.54) is 12.1 Å². The number of methoxy groups -OCH3 is 1. The molecule has 0 aromatic heterocycles. The third kappa shape index (κ3) is 4.62. The van der Waals surface area contributed by atoms with E-state index < -0.39 is 11.9 Å². The van der Waals surface area contributed by atoms with E-state index >= 15 is 0 Å². The molecule has 182 valence electrons. The lowest BCUT2D eigenvalue weighted by atomic mass is 9.71. The molecule has 0 unspecified atom stereocenters. The largest absolute Gasteiger partial charge is 0.497 e. The number of Topliss-reactive ketones (excluding diaryl/α,β-unsaturated/α-hetero) is 1. The van der Waals surface area contributed by atoms with Crippen molar-refractivity contribution >= 4 is 11.8 Å². The van der Waals surface area contributed by atoms with E-state index in [-0.39, 0.29) is 23.6 Å². The van der Waals surface area contributed by atoms with Crippen molar-refractivity contribution in [2.45, 2.75) is 63.4 Å². The highest BCUT2D eigenvalue weighted by molar-refractivity contribution is 6.04. The van der Waals surface area contributed by atoms with E-state index in [1.54, 1.807) is 19.2 Å². The van der Waals surface area contributed by atoms with Gasteiger partial charge >= 0.3 is 5.97 Å². The average molecular weight is 476 g/mol. The van der Waals surface area contributed by atoms with Crippen LogP contribution in [0.2, 0.25) is 0 Å². The number of carbonyl (C=O) groups is 2. The fourth-order valence-corrected chi connectivity index (χ4v) is 5.63. The third-order valence-electron chi connectivity index (χ3n) is 7.41. The number of carbonyl (C=O) groups excluding carboxylic acids is 2. The third-order valence-corrected chi connectivity index (χ3v) is 7.41. The van der Waals surface area contributed by atoms with Crippen LogP contribution in [0.25, 0.3) is 0 Å². The minimum absolute atomic E-state index is 0.00689. The van der Waals surface area contributed by atoms with Gasteiger partial charge in [-0.3, -0.25) is 4.79 Å². The van der Waals surface area contributed by atoms with Crippen LogP contribution in [-0.2, 0) is 14.3 Å². The standard InChI is InChI=1S/C29H30FNO4/c1-17-26(29(33)35-23-5-3-4-6-23)27(19-7-11-21(30)12-8-19)28-24(31-17)15-20(16-25(28)32)18-9-13-22(34-2)14-10-18/h7-14,20,23,27,31H,3-6,15-16H2,1-2H3/t20-,27-/m1/s1. The van der Waals surface area contributed by atoms with E-state index in [4.69, 9.17) is 9.47 Å². The first-order valence-electron chi connectivity index (χ1n) is 12.3. The predicted molar refractivity (Wildman–Crippen MR) is 130 cm³/mol. The maximum Gasteiger partial charge on any atom is 0.337 e. The molecule has 0 bridgehead atoms. The van der Waals surface area contributed by atoms with E-state index in [1.807, 2.05) is 31.2 Å². The number of nitrogens with one attached hydrogen (secondary N) is 1. The van der Waals surface area contributed by atoms with Gasteiger partial charge in [0.15, 0.2) is 5.78 Å². The molecule has 5 nitrogen and oxygen atoms in total. The number of rotatable bonds is 5. The number of benzene rings is 2. The number of hydrogen-bond acceptors (Lipinski definition) is 5. The molecule has 5 rings (SSSR count). The number of ether oxygens (including phenoxy) is 2. The van der Waals surface area contributed by atoms with E-state index in [9.17, 15) is 14.0 Å². The summed E-state index contributed by atoms with van der Waals surface area (Å²) in [5, 5.41) is 3.38. The lowest BCUT2D eigenvalue weighted by Crippen LogP contribution is -2.36. The first-order valence-corrected chi connectivity index (χ1v) is 12.3. The van der Waals surface area contributed by atoms with Gasteiger partial charge in [-0.25, -0.2) is 9.18 Å². The van der Waals surface area contributed by atoms with Gasteiger partial charge in [0, 0.05) is 29.3 Å². The first-order chi connectivity index (χ1) is 16.9. The Morgan fingerprint density at radius 1 is 0.971 bits per heavy atom. The van der Waals surface area contributed by atoms with Gasteiger partial charge < -0.3 is 14.8 Å².